The number of halogens is 1. The van der Waals surface area contributed by atoms with Crippen molar-refractivity contribution in [2.45, 2.75) is 20.4 Å². The third-order valence-corrected chi connectivity index (χ3v) is 4.85. The molecule has 2 rings (SSSR count). The zero-order chi connectivity index (χ0) is 15.4. The van der Waals surface area contributed by atoms with E-state index in [1.54, 1.807) is 0 Å². The number of carbonyl (C=O) groups is 1. The molecule has 0 heterocycles. The van der Waals surface area contributed by atoms with Crippen LogP contribution in [-0.2, 0) is 6.54 Å². The highest BCUT2D eigenvalue weighted by Gasteiger charge is 2.17. The number of benzene rings is 2. The van der Waals surface area contributed by atoms with Gasteiger partial charge >= 0.3 is 0 Å². The van der Waals surface area contributed by atoms with E-state index in [1.807, 2.05) is 61.2 Å². The number of hydrogen-bond acceptors (Lipinski definition) is 2. The van der Waals surface area contributed by atoms with Crippen molar-refractivity contribution in [2.24, 2.45) is 0 Å². The Labute approximate surface area is 139 Å². The minimum atomic E-state index is 0.0630. The summed E-state index contributed by atoms with van der Waals surface area (Å²) >= 11 is 2.24. The Morgan fingerprint density at radius 2 is 1.95 bits per heavy atom. The average molecular weight is 394 g/mol. The maximum atomic E-state index is 12.7. The van der Waals surface area contributed by atoms with Gasteiger partial charge in [-0.2, -0.15) is 0 Å². The molecule has 0 bridgehead atoms. The van der Waals surface area contributed by atoms with Gasteiger partial charge in [0.15, 0.2) is 0 Å². The zero-order valence-electron chi connectivity index (χ0n) is 12.3. The zero-order valence-corrected chi connectivity index (χ0v) is 14.4. The van der Waals surface area contributed by atoms with Crippen LogP contribution in [0.4, 0.5) is 5.69 Å². The molecule has 21 heavy (non-hydrogen) atoms. The minimum Gasteiger partial charge on any atom is -0.399 e. The summed E-state index contributed by atoms with van der Waals surface area (Å²) in [5.74, 6) is 0.0630. The van der Waals surface area contributed by atoms with Crippen LogP contribution < -0.4 is 5.73 Å². The molecule has 0 aliphatic heterocycles. The van der Waals surface area contributed by atoms with Crippen LogP contribution in [0.1, 0.15) is 28.4 Å². The fraction of sp³-hybridized carbons (Fsp3) is 0.235. The number of nitrogens with zero attached hydrogens (tertiary/aromatic N) is 1. The van der Waals surface area contributed by atoms with Crippen molar-refractivity contribution in [1.82, 2.24) is 4.90 Å². The summed E-state index contributed by atoms with van der Waals surface area (Å²) in [7, 11) is 0. The van der Waals surface area contributed by atoms with E-state index in [4.69, 9.17) is 5.73 Å². The van der Waals surface area contributed by atoms with Crippen molar-refractivity contribution in [1.29, 1.82) is 0 Å². The van der Waals surface area contributed by atoms with Gasteiger partial charge in [-0.1, -0.05) is 24.3 Å². The fourth-order valence-electron chi connectivity index (χ4n) is 2.22. The number of aryl methyl sites for hydroxylation is 1. The molecule has 2 N–H and O–H groups in total. The van der Waals surface area contributed by atoms with Gasteiger partial charge in [-0.15, -0.1) is 0 Å². The number of carbonyl (C=O) groups excluding carboxylic acids is 1. The van der Waals surface area contributed by atoms with Gasteiger partial charge in [-0.25, -0.2) is 0 Å². The number of anilines is 1. The standard InChI is InChI=1S/C17H19IN2O/c1-3-20(11-13-7-5-8-14(19)10-13)17(21)15-9-4-6-12(2)16(15)18/h4-10H,3,11,19H2,1-2H3. The van der Waals surface area contributed by atoms with Gasteiger partial charge in [-0.3, -0.25) is 4.79 Å². The number of nitrogens with two attached hydrogens (primary N) is 1. The topological polar surface area (TPSA) is 46.3 Å². The van der Waals surface area contributed by atoms with Gasteiger partial charge in [0.05, 0.1) is 5.56 Å². The normalized spacial score (nSPS) is 10.4. The van der Waals surface area contributed by atoms with Gasteiger partial charge in [-0.05, 0) is 65.8 Å². The van der Waals surface area contributed by atoms with E-state index in [1.165, 1.54) is 0 Å². The first kappa shape index (κ1) is 15.8. The van der Waals surface area contributed by atoms with Crippen LogP contribution in [0.2, 0.25) is 0 Å². The molecule has 2 aromatic carbocycles. The van der Waals surface area contributed by atoms with Gasteiger partial charge in [0.2, 0.25) is 0 Å². The molecule has 0 spiro atoms. The monoisotopic (exact) mass is 394 g/mol. The summed E-state index contributed by atoms with van der Waals surface area (Å²) in [6.07, 6.45) is 0. The molecule has 0 aromatic heterocycles. The summed E-state index contributed by atoms with van der Waals surface area (Å²) in [6, 6.07) is 13.5. The average Bonchev–Trinajstić information content (AvgIpc) is 2.47. The lowest BCUT2D eigenvalue weighted by Crippen LogP contribution is -2.31. The molecule has 0 aliphatic rings. The van der Waals surface area contributed by atoms with Gasteiger partial charge in [0.1, 0.15) is 0 Å². The van der Waals surface area contributed by atoms with Crippen molar-refractivity contribution in [3.05, 3.63) is 62.7 Å². The maximum absolute atomic E-state index is 12.7. The van der Waals surface area contributed by atoms with E-state index in [0.717, 1.165) is 25.9 Å². The van der Waals surface area contributed by atoms with E-state index in [-0.39, 0.29) is 5.91 Å². The Hall–Kier alpha value is -1.56. The van der Waals surface area contributed by atoms with Gasteiger partial charge < -0.3 is 10.6 Å². The second-order valence-corrected chi connectivity index (χ2v) is 6.08. The highest BCUT2D eigenvalue weighted by Crippen LogP contribution is 2.19. The second kappa shape index (κ2) is 6.93. The summed E-state index contributed by atoms with van der Waals surface area (Å²) in [4.78, 5) is 14.6. The summed E-state index contributed by atoms with van der Waals surface area (Å²) < 4.78 is 1.02. The lowest BCUT2D eigenvalue weighted by atomic mass is 10.1. The molecule has 4 heteroatoms. The maximum Gasteiger partial charge on any atom is 0.255 e. The predicted molar refractivity (Wildman–Crippen MR) is 95.2 cm³/mol. The summed E-state index contributed by atoms with van der Waals surface area (Å²) in [6.45, 7) is 5.25. The number of amides is 1. The smallest absolute Gasteiger partial charge is 0.255 e. The Morgan fingerprint density at radius 3 is 2.62 bits per heavy atom. The van der Waals surface area contributed by atoms with Crippen molar-refractivity contribution in [2.75, 3.05) is 12.3 Å². The predicted octanol–water partition coefficient (Wildman–Crippen LogP) is 3.84. The highest BCUT2D eigenvalue weighted by atomic mass is 127. The SMILES string of the molecule is CCN(Cc1cccc(N)c1)C(=O)c1cccc(C)c1I. The number of rotatable bonds is 4. The van der Waals surface area contributed by atoms with Crippen molar-refractivity contribution >= 4 is 34.2 Å². The van der Waals surface area contributed by atoms with E-state index in [9.17, 15) is 4.79 Å². The van der Waals surface area contributed by atoms with Crippen molar-refractivity contribution in [3.8, 4) is 0 Å². The number of nitrogen functional groups attached to an aromatic ring is 1. The minimum absolute atomic E-state index is 0.0630. The van der Waals surface area contributed by atoms with Crippen LogP contribution in [-0.4, -0.2) is 17.4 Å². The highest BCUT2D eigenvalue weighted by molar-refractivity contribution is 14.1. The molecular weight excluding hydrogens is 375 g/mol. The van der Waals surface area contributed by atoms with Crippen LogP contribution in [0.15, 0.2) is 42.5 Å². The molecule has 3 nitrogen and oxygen atoms in total. The lowest BCUT2D eigenvalue weighted by molar-refractivity contribution is 0.0751. The van der Waals surface area contributed by atoms with Crippen molar-refractivity contribution < 1.29 is 4.79 Å². The summed E-state index contributed by atoms with van der Waals surface area (Å²) in [5, 5.41) is 0. The Bertz CT molecular complexity index is 655. The number of hydrogen-bond donors (Lipinski definition) is 1. The van der Waals surface area contributed by atoms with Crippen molar-refractivity contribution in [3.63, 3.8) is 0 Å². The molecule has 0 saturated heterocycles. The largest absolute Gasteiger partial charge is 0.399 e. The summed E-state index contributed by atoms with van der Waals surface area (Å²) in [5.41, 5.74) is 9.47. The Balaban J connectivity index is 2.25. The quantitative estimate of drug-likeness (QED) is 0.633. The molecule has 2 aromatic rings. The first-order valence-electron chi connectivity index (χ1n) is 6.91. The van der Waals surface area contributed by atoms with Crippen LogP contribution in [0.5, 0.6) is 0 Å². The molecule has 0 radical (unpaired) electrons. The molecule has 0 fully saturated rings. The lowest BCUT2D eigenvalue weighted by Gasteiger charge is -2.22. The molecule has 0 saturated carbocycles. The van der Waals surface area contributed by atoms with Crippen LogP contribution in [0, 0.1) is 10.5 Å². The first-order valence-corrected chi connectivity index (χ1v) is 7.99. The molecule has 0 unspecified atom stereocenters. The second-order valence-electron chi connectivity index (χ2n) is 5.00. The third-order valence-electron chi connectivity index (χ3n) is 3.42. The Kier molecular flexibility index (Phi) is 5.22. The third kappa shape index (κ3) is 3.75. The van der Waals surface area contributed by atoms with Gasteiger partial charge in [0.25, 0.3) is 5.91 Å². The molecular formula is C17H19IN2O. The molecule has 110 valence electrons. The van der Waals surface area contributed by atoms with Gasteiger partial charge in [0, 0.05) is 22.3 Å². The van der Waals surface area contributed by atoms with Crippen LogP contribution in [0.3, 0.4) is 0 Å². The Morgan fingerprint density at radius 1 is 1.24 bits per heavy atom. The van der Waals surface area contributed by atoms with Crippen LogP contribution >= 0.6 is 22.6 Å². The van der Waals surface area contributed by atoms with E-state index in [2.05, 4.69) is 22.6 Å². The molecule has 0 atom stereocenters. The van der Waals surface area contributed by atoms with Crippen LogP contribution in [0.25, 0.3) is 0 Å². The molecule has 0 aliphatic carbocycles. The molecule has 1 amide bonds. The van der Waals surface area contributed by atoms with E-state index < -0.39 is 0 Å². The fourth-order valence-corrected chi connectivity index (χ4v) is 2.81. The first-order chi connectivity index (χ1) is 10.0. The van der Waals surface area contributed by atoms with E-state index >= 15 is 0 Å². The van der Waals surface area contributed by atoms with E-state index in [0.29, 0.717) is 13.1 Å².